The average Bonchev–Trinajstić information content (AvgIpc) is 1.87. The molecule has 0 spiro atoms. The summed E-state index contributed by atoms with van der Waals surface area (Å²) < 4.78 is 0. The molecule has 0 radical (unpaired) electrons. The van der Waals surface area contributed by atoms with E-state index in [9.17, 15) is 0 Å². The van der Waals surface area contributed by atoms with Crippen LogP contribution in [0, 0.1) is 0 Å². The monoisotopic (exact) mass is 103 g/mol. The van der Waals surface area contributed by atoms with Gasteiger partial charge in [0.05, 0.1) is 0 Å². The summed E-state index contributed by atoms with van der Waals surface area (Å²) in [5.74, 6) is 4.96. The first-order valence-corrected chi connectivity index (χ1v) is 1.72. The van der Waals surface area contributed by atoms with Crippen molar-refractivity contribution in [3.63, 3.8) is 0 Å². The van der Waals surface area contributed by atoms with Gasteiger partial charge in [-0.05, 0) is 0 Å². The highest BCUT2D eigenvalue weighted by molar-refractivity contribution is 5.64. The maximum atomic E-state index is 8.31. The van der Waals surface area contributed by atoms with Crippen LogP contribution in [0.1, 0.15) is 0 Å². The van der Waals surface area contributed by atoms with E-state index in [0.717, 1.165) is 5.17 Å². The molecule has 0 saturated heterocycles. The van der Waals surface area contributed by atoms with Crippen LogP contribution in [0.2, 0.25) is 0 Å². The van der Waals surface area contributed by atoms with Crippen LogP contribution in [-0.2, 0) is 4.84 Å². The van der Waals surface area contributed by atoms with Crippen LogP contribution in [0.4, 0.5) is 0 Å². The fourth-order valence-corrected chi connectivity index (χ4v) is 0.293. The van der Waals surface area contributed by atoms with Gasteiger partial charge in [-0.25, -0.2) is 5.84 Å². The molecule has 0 aromatic rings. The zero-order chi connectivity index (χ0) is 5.28. The van der Waals surface area contributed by atoms with Gasteiger partial charge in [0.1, 0.15) is 6.67 Å². The van der Waals surface area contributed by atoms with E-state index in [-0.39, 0.29) is 12.8 Å². The number of hydroxylamine groups is 1. The molecule has 5 nitrogen and oxygen atoms in total. The first-order chi connectivity index (χ1) is 3.29. The van der Waals surface area contributed by atoms with Gasteiger partial charge in [0, 0.05) is 0 Å². The van der Waals surface area contributed by atoms with Gasteiger partial charge in [0.2, 0.25) is 0 Å². The van der Waals surface area contributed by atoms with Crippen molar-refractivity contribution >= 4 is 6.08 Å². The molecule has 1 heterocycles. The summed E-state index contributed by atoms with van der Waals surface area (Å²) in [6.45, 7) is 0.200. The second kappa shape index (κ2) is 1.36. The Labute approximate surface area is 39.9 Å². The number of aliphatic hydroxyl groups is 1. The lowest BCUT2D eigenvalue weighted by Crippen LogP contribution is -2.27. The number of rotatable bonds is 0. The maximum absolute atomic E-state index is 8.31. The van der Waals surface area contributed by atoms with Crippen LogP contribution in [0.15, 0.2) is 4.99 Å². The van der Waals surface area contributed by atoms with E-state index < -0.39 is 0 Å². The molecule has 0 unspecified atom stereocenters. The third-order valence-corrected chi connectivity index (χ3v) is 0.544. The number of aliphatic hydroxyl groups excluding tert-OH is 1. The molecule has 1 rings (SSSR count). The number of nitrogens with zero attached hydrogens (tertiary/aromatic N) is 2. The van der Waals surface area contributed by atoms with E-state index in [4.69, 9.17) is 10.9 Å². The highest BCUT2D eigenvalue weighted by Crippen LogP contribution is 1.91. The molecule has 0 aliphatic carbocycles. The number of hydrogen-bond acceptors (Lipinski definition) is 4. The van der Waals surface area contributed by atoms with E-state index in [1.807, 2.05) is 0 Å². The van der Waals surface area contributed by atoms with Crippen molar-refractivity contribution in [3.8, 4) is 0 Å². The van der Waals surface area contributed by atoms with Gasteiger partial charge >= 0.3 is 6.08 Å². The summed E-state index contributed by atoms with van der Waals surface area (Å²) >= 11 is 0. The summed E-state index contributed by atoms with van der Waals surface area (Å²) in [5, 5.41) is 9.23. The van der Waals surface area contributed by atoms with Crippen molar-refractivity contribution in [2.45, 2.75) is 0 Å². The molecule has 0 aromatic heterocycles. The van der Waals surface area contributed by atoms with Crippen LogP contribution in [0.3, 0.4) is 0 Å². The SMILES string of the molecule is NN1CN=C(O)O1. The standard InChI is InChI=1S/C2H5N3O2/c3-5-1-4-2(6)7-5/h1,3H2,(H,4,6). The van der Waals surface area contributed by atoms with E-state index in [1.165, 1.54) is 0 Å². The van der Waals surface area contributed by atoms with Crippen molar-refractivity contribution in [2.75, 3.05) is 6.67 Å². The predicted octanol–water partition coefficient (Wildman–Crippen LogP) is -1.02. The molecular formula is C2H5N3O2. The highest BCUT2D eigenvalue weighted by Gasteiger charge is 2.09. The molecule has 0 atom stereocenters. The second-order valence-electron chi connectivity index (χ2n) is 1.09. The predicted molar refractivity (Wildman–Crippen MR) is 22.0 cm³/mol. The minimum absolute atomic E-state index is 0.200. The molecule has 0 bridgehead atoms. The van der Waals surface area contributed by atoms with Gasteiger partial charge < -0.3 is 9.94 Å². The summed E-state index contributed by atoms with van der Waals surface area (Å²) in [4.78, 5) is 7.65. The van der Waals surface area contributed by atoms with Crippen molar-refractivity contribution in [2.24, 2.45) is 10.8 Å². The van der Waals surface area contributed by atoms with Crippen molar-refractivity contribution < 1.29 is 9.94 Å². The second-order valence-corrected chi connectivity index (χ2v) is 1.09. The minimum Gasteiger partial charge on any atom is -0.465 e. The lowest BCUT2D eigenvalue weighted by atomic mass is 11.1. The van der Waals surface area contributed by atoms with Crippen molar-refractivity contribution in [1.29, 1.82) is 0 Å². The molecule has 0 aromatic carbocycles. The van der Waals surface area contributed by atoms with Crippen LogP contribution < -0.4 is 5.84 Å². The smallest absolute Gasteiger partial charge is 0.403 e. The Morgan fingerprint density at radius 2 is 2.71 bits per heavy atom. The quantitative estimate of drug-likeness (QED) is 0.385. The largest absolute Gasteiger partial charge is 0.465 e. The zero-order valence-corrected chi connectivity index (χ0v) is 3.53. The van der Waals surface area contributed by atoms with Crippen LogP contribution in [0.5, 0.6) is 0 Å². The molecule has 0 saturated carbocycles. The summed E-state index contributed by atoms with van der Waals surface area (Å²) in [6, 6.07) is 0. The van der Waals surface area contributed by atoms with Gasteiger partial charge in [-0.3, -0.25) is 0 Å². The molecule has 1 aliphatic rings. The fraction of sp³-hybridized carbons (Fsp3) is 0.500. The number of nitrogens with two attached hydrogens (primary N) is 1. The number of hydrogen-bond donors (Lipinski definition) is 2. The zero-order valence-electron chi connectivity index (χ0n) is 3.53. The highest BCUT2D eigenvalue weighted by atomic mass is 16.8. The van der Waals surface area contributed by atoms with E-state index in [0.29, 0.717) is 0 Å². The van der Waals surface area contributed by atoms with E-state index in [2.05, 4.69) is 9.83 Å². The topological polar surface area (TPSA) is 71.1 Å². The Balaban J connectivity index is 2.42. The van der Waals surface area contributed by atoms with Crippen LogP contribution >= 0.6 is 0 Å². The fourth-order valence-electron chi connectivity index (χ4n) is 0.293. The lowest BCUT2D eigenvalue weighted by Gasteiger charge is -2.00. The normalized spacial score (nSPS) is 21.6. The summed E-state index contributed by atoms with van der Waals surface area (Å²) in [5.41, 5.74) is 0. The third-order valence-electron chi connectivity index (χ3n) is 0.544. The number of aliphatic imine (C=N–C) groups is 1. The summed E-state index contributed by atoms with van der Waals surface area (Å²) in [7, 11) is 0. The van der Waals surface area contributed by atoms with Gasteiger partial charge in [0.15, 0.2) is 0 Å². The molecule has 40 valence electrons. The minimum atomic E-state index is -0.373. The van der Waals surface area contributed by atoms with E-state index in [1.54, 1.807) is 0 Å². The Morgan fingerprint density at radius 1 is 2.00 bits per heavy atom. The summed E-state index contributed by atoms with van der Waals surface area (Å²) in [6.07, 6.45) is -0.373. The third kappa shape index (κ3) is 0.787. The molecule has 3 N–H and O–H groups in total. The van der Waals surface area contributed by atoms with E-state index >= 15 is 0 Å². The van der Waals surface area contributed by atoms with Gasteiger partial charge in [0.25, 0.3) is 0 Å². The Morgan fingerprint density at radius 3 is 2.86 bits per heavy atom. The molecule has 1 aliphatic heterocycles. The van der Waals surface area contributed by atoms with Crippen molar-refractivity contribution in [1.82, 2.24) is 5.17 Å². The average molecular weight is 103 g/mol. The van der Waals surface area contributed by atoms with Gasteiger partial charge in [-0.1, -0.05) is 5.17 Å². The maximum Gasteiger partial charge on any atom is 0.403 e. The first kappa shape index (κ1) is 4.35. The molecular weight excluding hydrogens is 98.0 g/mol. The first-order valence-electron chi connectivity index (χ1n) is 1.72. The van der Waals surface area contributed by atoms with Crippen molar-refractivity contribution in [3.05, 3.63) is 0 Å². The molecule has 0 fully saturated rings. The molecule has 0 amide bonds. The van der Waals surface area contributed by atoms with Crippen LogP contribution in [0.25, 0.3) is 0 Å². The van der Waals surface area contributed by atoms with Crippen LogP contribution in [-0.4, -0.2) is 23.0 Å². The Kier molecular flexibility index (Phi) is 0.844. The molecule has 7 heavy (non-hydrogen) atoms. The van der Waals surface area contributed by atoms with Gasteiger partial charge in [-0.2, -0.15) is 4.99 Å². The molecule has 5 heteroatoms. The Bertz CT molecular complexity index is 101. The number of hydrazine groups is 1. The Hall–Kier alpha value is -0.810. The van der Waals surface area contributed by atoms with Gasteiger partial charge in [-0.15, -0.1) is 0 Å². The lowest BCUT2D eigenvalue weighted by molar-refractivity contribution is -0.0670.